The first-order chi connectivity index (χ1) is 71.3. The van der Waals surface area contributed by atoms with Crippen LogP contribution in [0.4, 0.5) is 0 Å². The Kier molecular flexibility index (Phi) is 35.2. The molecule has 12 aromatic rings. The molecule has 6 unspecified atom stereocenters. The summed E-state index contributed by atoms with van der Waals surface area (Å²) in [6.45, 7) is -5.22. The number of benzene rings is 12. The average molecular weight is 1980 g/mol. The smallest absolute Gasteiger partial charge is 0.338 e. The van der Waals surface area contributed by atoms with Crippen LogP contribution in [0.2, 0.25) is 0 Å². The van der Waals surface area contributed by atoms with Crippen LogP contribution in [0.3, 0.4) is 0 Å². The molecule has 1 N–H and O–H groups in total. The SMILES string of the molecule is [N-]=[N+]=NCCOC1O[C@H](CO[C@@H]2O[C@H](COC3O[C@H](CO[C@@H]4O[C@H](CO)[C@@H](OC(=O)c5ccccc5)[C@H](OC(=O)c5ccccc5)C4OC(=O)c4ccccc4)[C@@H](OC(=O)c4ccccc4)C(OC(=O)c4ccccc4)[C@H]3OC(=O)c3ccccc3)[C@@H](OC(=O)c3ccccc3)[C@H](OC(=O)c3ccccc3)C2OC(=O)c2ccccc2)[C@@H](OC(=O)c2ccccc2)C(OC(=O)c2ccccc2)[C@H]1OC(=O)c1ccccc1. The Hall–Kier alpha value is -16.8. The third-order valence-electron chi connectivity index (χ3n) is 23.4. The maximum Gasteiger partial charge on any atom is 0.338 e. The van der Waals surface area contributed by atoms with Gasteiger partial charge in [0.05, 0.1) is 99.8 Å². The summed E-state index contributed by atoms with van der Waals surface area (Å²) in [6, 6.07) is 88.9. The van der Waals surface area contributed by atoms with Crippen molar-refractivity contribution in [2.75, 3.05) is 39.6 Å². The van der Waals surface area contributed by atoms with Crippen molar-refractivity contribution in [2.45, 2.75) is 123 Å². The molecule has 12 aromatic carbocycles. The topological polar surface area (TPSA) is 458 Å². The highest BCUT2D eigenvalue weighted by molar-refractivity contribution is 5.96. The minimum Gasteiger partial charge on any atom is -0.452 e. The number of nitrogens with zero attached hydrogens (tertiary/aromatic N) is 3. The quantitative estimate of drug-likeness (QED) is 0.00937. The second-order valence-electron chi connectivity index (χ2n) is 33.0. The van der Waals surface area contributed by atoms with Crippen LogP contribution < -0.4 is 0 Å². The predicted molar refractivity (Wildman–Crippen MR) is 507 cm³/mol. The van der Waals surface area contributed by atoms with Crippen molar-refractivity contribution in [1.82, 2.24) is 0 Å². The summed E-state index contributed by atoms with van der Waals surface area (Å²) in [5.74, 6) is -13.5. The number of hydrogen-bond acceptors (Lipinski definition) is 34. The first-order valence-electron chi connectivity index (χ1n) is 46.1. The molecule has 0 saturated carbocycles. The Labute approximate surface area is 833 Å². The van der Waals surface area contributed by atoms with Gasteiger partial charge in [-0.3, -0.25) is 0 Å². The Morgan fingerprint density at radius 1 is 0.212 bits per heavy atom. The van der Waals surface area contributed by atoms with E-state index in [4.69, 9.17) is 94.7 Å². The third-order valence-corrected chi connectivity index (χ3v) is 23.4. The second-order valence-corrected chi connectivity index (χ2v) is 33.0. The lowest BCUT2D eigenvalue weighted by Gasteiger charge is -2.47. The van der Waals surface area contributed by atoms with Crippen LogP contribution in [0.1, 0.15) is 124 Å². The molecule has 0 bridgehead atoms. The summed E-state index contributed by atoms with van der Waals surface area (Å²) in [6.07, 6.45) is -41.7. The Balaban J connectivity index is 0.849. The molecule has 0 spiro atoms. The van der Waals surface area contributed by atoms with Crippen LogP contribution in [0, 0.1) is 0 Å². The van der Waals surface area contributed by atoms with Crippen LogP contribution in [0.25, 0.3) is 10.4 Å². The van der Waals surface area contributed by atoms with Crippen LogP contribution >= 0.6 is 0 Å². The largest absolute Gasteiger partial charge is 0.452 e. The fourth-order valence-corrected chi connectivity index (χ4v) is 16.2. The number of aliphatic hydroxyl groups is 1. The van der Waals surface area contributed by atoms with Gasteiger partial charge < -0.3 is 99.8 Å². The van der Waals surface area contributed by atoms with Gasteiger partial charge in [0.1, 0.15) is 24.4 Å². The first kappa shape index (κ1) is 102. The van der Waals surface area contributed by atoms with E-state index in [9.17, 15) is 34.6 Å². The minimum atomic E-state index is -2.33. The standard InChI is InChI=1S/C110H93N3O33/c111-113-112-61-62-127-107-91(143-103(123)75-53-29-9-30-54-75)88(140-100(120)72-47-23-6-24-48-72)84(136-96(116)68-39-15-2-16-40-68)80(132-107)64-129-109-93(145-105(125)77-57-33-11-34-58-77)90(142-102(122)74-51-27-8-28-52-74)86(138-98(118)70-43-19-4-20-44-70)82(134-109)66-130-110-94(146-106(126)78-59-35-12-36-60-78)89(141-101(121)73-49-25-7-26-50-73)85(137-97(117)69-41-17-3-18-42-69)81(133-110)65-128-108-92(144-104(124)76-55-31-10-32-56-76)87(139-99(119)71-45-21-5-22-46-71)83(79(63-114)131-108)135-95(115)67-37-13-1-14-38-67/h1-60,79-94,107-110,114H,61-66H2/t79-,80-,81-,82-,83-,84-,85-,86-,87+,88?,89?,90+,91-,92?,93?,94-,107?,108-,109-,110?/m1/s1. The van der Waals surface area contributed by atoms with Gasteiger partial charge in [0.2, 0.25) is 0 Å². The molecule has 4 fully saturated rings. The Bertz CT molecular complexity index is 6460. The van der Waals surface area contributed by atoms with E-state index in [2.05, 4.69) is 10.0 Å². The van der Waals surface area contributed by atoms with Crippen LogP contribution in [-0.2, 0) is 94.7 Å². The molecule has 0 radical (unpaired) electrons. The van der Waals surface area contributed by atoms with Crippen molar-refractivity contribution in [1.29, 1.82) is 0 Å². The minimum absolute atomic E-state index is 0.0237. The average Bonchev–Trinajstić information content (AvgIpc) is 0.768. The molecule has 0 aliphatic carbocycles. The molecular weight excluding hydrogens is 1890 g/mol. The van der Waals surface area contributed by atoms with E-state index in [0.717, 1.165) is 0 Å². The fraction of sp³-hybridized carbons (Fsp3) is 0.236. The van der Waals surface area contributed by atoms with Crippen molar-refractivity contribution in [3.8, 4) is 0 Å². The van der Waals surface area contributed by atoms with E-state index in [0.29, 0.717) is 0 Å². The third kappa shape index (κ3) is 26.2. The van der Waals surface area contributed by atoms with Crippen molar-refractivity contribution in [2.24, 2.45) is 5.11 Å². The van der Waals surface area contributed by atoms with Crippen LogP contribution in [-0.4, -0.2) is 239 Å². The maximum atomic E-state index is 15.5. The number of esters is 12. The van der Waals surface area contributed by atoms with Gasteiger partial charge in [-0.25, -0.2) is 57.5 Å². The highest BCUT2D eigenvalue weighted by Crippen LogP contribution is 2.40. The number of carbonyl (C=O) groups is 12. The van der Waals surface area contributed by atoms with Gasteiger partial charge in [0.15, 0.2) is 98.4 Å². The van der Waals surface area contributed by atoms with Crippen LogP contribution in [0.5, 0.6) is 0 Å². The van der Waals surface area contributed by atoms with Crippen molar-refractivity contribution < 1.29 is 157 Å². The normalized spacial score (nSPS) is 23.5. The number of carbonyl (C=O) groups excluding carboxylic acids is 12. The lowest BCUT2D eigenvalue weighted by atomic mass is 9.96. The van der Waals surface area contributed by atoms with Gasteiger partial charge in [0, 0.05) is 11.5 Å². The molecule has 0 aromatic heterocycles. The number of hydrogen-bond donors (Lipinski definition) is 1. The molecule has 20 atom stereocenters. The molecule has 36 nitrogen and oxygen atoms in total. The number of azide groups is 1. The summed E-state index contributed by atoms with van der Waals surface area (Å²) in [5, 5.41) is 15.2. The predicted octanol–water partition coefficient (Wildman–Crippen LogP) is 14.0. The Morgan fingerprint density at radius 2 is 0.356 bits per heavy atom. The molecule has 146 heavy (non-hydrogen) atoms. The van der Waals surface area contributed by atoms with E-state index >= 15 is 33.6 Å². The van der Waals surface area contributed by atoms with Crippen molar-refractivity contribution in [3.05, 3.63) is 441 Å². The zero-order valence-corrected chi connectivity index (χ0v) is 77.3. The molecule has 746 valence electrons. The molecule has 36 heteroatoms. The second kappa shape index (κ2) is 50.3. The molecule has 4 heterocycles. The van der Waals surface area contributed by atoms with Gasteiger partial charge in [-0.1, -0.05) is 224 Å². The fourth-order valence-electron chi connectivity index (χ4n) is 16.2. The summed E-state index contributed by atoms with van der Waals surface area (Å²) < 4.78 is 132. The van der Waals surface area contributed by atoms with Gasteiger partial charge in [-0.2, -0.15) is 0 Å². The molecular formula is C110H93N3O33. The van der Waals surface area contributed by atoms with E-state index in [1.165, 1.54) is 279 Å². The molecule has 4 aliphatic rings. The zero-order chi connectivity index (χ0) is 102. The van der Waals surface area contributed by atoms with Gasteiger partial charge in [-0.15, -0.1) is 0 Å². The monoisotopic (exact) mass is 1980 g/mol. The summed E-state index contributed by atoms with van der Waals surface area (Å²) in [4.78, 5) is 184. The van der Waals surface area contributed by atoms with Crippen LogP contribution in [0.15, 0.2) is 369 Å². The zero-order valence-electron chi connectivity index (χ0n) is 77.3. The van der Waals surface area contributed by atoms with Gasteiger partial charge in [-0.05, 0) is 151 Å². The van der Waals surface area contributed by atoms with Gasteiger partial charge >= 0.3 is 71.6 Å². The molecule has 16 rings (SSSR count). The summed E-state index contributed by atoms with van der Waals surface area (Å²) >= 11 is 0. The lowest BCUT2D eigenvalue weighted by molar-refractivity contribution is -0.344. The molecule has 4 aliphatic heterocycles. The maximum absolute atomic E-state index is 15.5. The highest BCUT2D eigenvalue weighted by Gasteiger charge is 2.61. The Morgan fingerprint density at radius 3 is 0.521 bits per heavy atom. The van der Waals surface area contributed by atoms with E-state index in [1.54, 1.807) is 84.9 Å². The number of ether oxygens (including phenoxy) is 20. The summed E-state index contributed by atoms with van der Waals surface area (Å²) in [7, 11) is 0. The number of aliphatic hydroxyl groups excluding tert-OH is 1. The molecule has 4 saturated heterocycles. The lowest BCUT2D eigenvalue weighted by Crippen LogP contribution is -2.66. The number of rotatable bonds is 38. The van der Waals surface area contributed by atoms with Gasteiger partial charge in [0.25, 0.3) is 0 Å². The summed E-state index contributed by atoms with van der Waals surface area (Å²) in [5.41, 5.74) is 8.29. The van der Waals surface area contributed by atoms with E-state index < -0.39 is 234 Å². The van der Waals surface area contributed by atoms with Crippen molar-refractivity contribution in [3.63, 3.8) is 0 Å². The van der Waals surface area contributed by atoms with E-state index in [1.807, 2.05) is 0 Å². The van der Waals surface area contributed by atoms with Crippen molar-refractivity contribution >= 4 is 71.6 Å². The first-order valence-corrected chi connectivity index (χ1v) is 46.1. The highest BCUT2D eigenvalue weighted by atomic mass is 16.8. The van der Waals surface area contributed by atoms with E-state index in [-0.39, 0.29) is 66.8 Å². The molecule has 0 amide bonds.